The molecular weight excluding hydrogens is 336 g/mol. The molecular formula is C19H22N2O3S. The number of carbonyl (C=O) groups is 1. The Morgan fingerprint density at radius 3 is 2.84 bits per heavy atom. The van der Waals surface area contributed by atoms with Crippen molar-refractivity contribution in [1.82, 2.24) is 9.55 Å². The number of ketones is 1. The zero-order chi connectivity index (χ0) is 17.2. The second kappa shape index (κ2) is 7.30. The molecule has 2 aromatic rings. The summed E-state index contributed by atoms with van der Waals surface area (Å²) < 4.78 is 7.45. The minimum atomic E-state index is -0.0856. The number of aromatic nitrogens is 2. The van der Waals surface area contributed by atoms with Gasteiger partial charge < -0.3 is 4.74 Å². The van der Waals surface area contributed by atoms with Crippen molar-refractivity contribution < 1.29 is 9.53 Å². The molecule has 2 aliphatic rings. The molecule has 2 heterocycles. The van der Waals surface area contributed by atoms with E-state index in [1.807, 2.05) is 24.3 Å². The summed E-state index contributed by atoms with van der Waals surface area (Å²) in [4.78, 5) is 30.0. The fourth-order valence-electron chi connectivity index (χ4n) is 3.59. The lowest BCUT2D eigenvalue weighted by atomic mass is 9.99. The van der Waals surface area contributed by atoms with Gasteiger partial charge in [-0.1, -0.05) is 30.3 Å². The Balaban J connectivity index is 1.74. The first kappa shape index (κ1) is 16.8. The number of Topliss-reactive ketones (excluding diaryl/α,β-unsaturated/α-hetero) is 1. The predicted molar refractivity (Wildman–Crippen MR) is 98.1 cm³/mol. The van der Waals surface area contributed by atoms with E-state index in [0.29, 0.717) is 29.0 Å². The first-order valence-corrected chi connectivity index (χ1v) is 9.91. The quantitative estimate of drug-likeness (QED) is 0.786. The average molecular weight is 358 g/mol. The Kier molecular flexibility index (Phi) is 4.90. The fourth-order valence-corrected chi connectivity index (χ4v) is 4.82. The zero-order valence-electron chi connectivity index (χ0n) is 14.1. The Morgan fingerprint density at radius 1 is 1.16 bits per heavy atom. The topological polar surface area (TPSA) is 61.2 Å². The van der Waals surface area contributed by atoms with Crippen LogP contribution in [-0.4, -0.2) is 33.3 Å². The molecule has 2 fully saturated rings. The summed E-state index contributed by atoms with van der Waals surface area (Å²) in [5.74, 6) is 0.280. The highest BCUT2D eigenvalue weighted by atomic mass is 32.2. The van der Waals surface area contributed by atoms with Gasteiger partial charge in [-0.3, -0.25) is 14.2 Å². The van der Waals surface area contributed by atoms with Crippen LogP contribution in [0.5, 0.6) is 0 Å². The van der Waals surface area contributed by atoms with Crippen molar-refractivity contribution in [1.29, 1.82) is 0 Å². The third-order valence-electron chi connectivity index (χ3n) is 4.98. The van der Waals surface area contributed by atoms with Gasteiger partial charge >= 0.3 is 0 Å². The predicted octanol–water partition coefficient (Wildman–Crippen LogP) is 3.18. The van der Waals surface area contributed by atoms with Gasteiger partial charge in [0.2, 0.25) is 0 Å². The number of nitrogens with zero attached hydrogens (tertiary/aromatic N) is 2. The highest BCUT2D eigenvalue weighted by Gasteiger charge is 2.27. The molecule has 0 unspecified atom stereocenters. The van der Waals surface area contributed by atoms with Gasteiger partial charge in [-0.15, -0.1) is 0 Å². The van der Waals surface area contributed by atoms with E-state index >= 15 is 0 Å². The van der Waals surface area contributed by atoms with Crippen LogP contribution < -0.4 is 5.56 Å². The van der Waals surface area contributed by atoms with Crippen LogP contribution >= 0.6 is 11.8 Å². The molecule has 25 heavy (non-hydrogen) atoms. The monoisotopic (exact) mass is 358 g/mol. The van der Waals surface area contributed by atoms with E-state index in [-0.39, 0.29) is 22.7 Å². The maximum absolute atomic E-state index is 13.0. The summed E-state index contributed by atoms with van der Waals surface area (Å²) in [6, 6.07) is 7.43. The van der Waals surface area contributed by atoms with Gasteiger partial charge in [0.15, 0.2) is 5.16 Å². The lowest BCUT2D eigenvalue weighted by Gasteiger charge is -2.22. The number of rotatable bonds is 4. The van der Waals surface area contributed by atoms with E-state index in [2.05, 4.69) is 0 Å². The summed E-state index contributed by atoms with van der Waals surface area (Å²) >= 11 is 1.46. The third-order valence-corrected chi connectivity index (χ3v) is 6.29. The van der Waals surface area contributed by atoms with Gasteiger partial charge in [0, 0.05) is 13.0 Å². The van der Waals surface area contributed by atoms with E-state index in [0.717, 1.165) is 38.7 Å². The highest BCUT2D eigenvalue weighted by Crippen LogP contribution is 2.31. The van der Waals surface area contributed by atoms with Crippen LogP contribution in [0.3, 0.4) is 0 Å². The van der Waals surface area contributed by atoms with E-state index in [1.165, 1.54) is 11.8 Å². The van der Waals surface area contributed by atoms with Crippen molar-refractivity contribution in [3.05, 3.63) is 34.6 Å². The molecule has 1 saturated heterocycles. The van der Waals surface area contributed by atoms with Gasteiger partial charge in [0.05, 0.1) is 28.8 Å². The zero-order valence-corrected chi connectivity index (χ0v) is 15.0. The minimum absolute atomic E-state index is 0.0353. The van der Waals surface area contributed by atoms with Crippen molar-refractivity contribution in [2.75, 3.05) is 6.61 Å². The number of thioether (sulfide) groups is 1. The van der Waals surface area contributed by atoms with Crippen LogP contribution in [0.15, 0.2) is 34.2 Å². The lowest BCUT2D eigenvalue weighted by Crippen LogP contribution is -2.30. The van der Waals surface area contributed by atoms with Crippen LogP contribution in [0, 0.1) is 0 Å². The van der Waals surface area contributed by atoms with E-state index in [1.54, 1.807) is 4.57 Å². The smallest absolute Gasteiger partial charge is 0.262 e. The molecule has 0 amide bonds. The van der Waals surface area contributed by atoms with E-state index in [4.69, 9.17) is 9.72 Å². The lowest BCUT2D eigenvalue weighted by molar-refractivity contribution is -0.119. The fraction of sp³-hybridized carbons (Fsp3) is 0.526. The summed E-state index contributed by atoms with van der Waals surface area (Å²) in [7, 11) is 0. The van der Waals surface area contributed by atoms with E-state index in [9.17, 15) is 9.59 Å². The Hall–Kier alpha value is -1.66. The first-order valence-electron chi connectivity index (χ1n) is 9.03. The SMILES string of the molecule is O=C1CCCC[C@@H]1Sc1nc2ccccc2c(=O)n1C[C@H]1CCCO1. The molecule has 1 saturated carbocycles. The molecule has 132 valence electrons. The van der Waals surface area contributed by atoms with Gasteiger partial charge in [-0.2, -0.15) is 0 Å². The van der Waals surface area contributed by atoms with Crippen molar-refractivity contribution in [3.63, 3.8) is 0 Å². The van der Waals surface area contributed by atoms with Crippen molar-refractivity contribution in [2.45, 2.75) is 61.6 Å². The molecule has 1 aliphatic carbocycles. The van der Waals surface area contributed by atoms with Crippen LogP contribution in [0.1, 0.15) is 38.5 Å². The molecule has 2 atom stereocenters. The molecule has 4 rings (SSSR count). The Bertz CT molecular complexity index is 842. The molecule has 1 aromatic heterocycles. The molecule has 0 spiro atoms. The summed E-state index contributed by atoms with van der Waals surface area (Å²) in [6.07, 6.45) is 5.60. The second-order valence-electron chi connectivity index (χ2n) is 6.78. The first-order chi connectivity index (χ1) is 12.2. The molecule has 1 aliphatic heterocycles. The average Bonchev–Trinajstić information content (AvgIpc) is 3.13. The molecule has 0 radical (unpaired) electrons. The summed E-state index contributed by atoms with van der Waals surface area (Å²) in [5.41, 5.74) is 0.661. The van der Waals surface area contributed by atoms with Gasteiger partial charge in [-0.05, 0) is 37.8 Å². The molecule has 6 heteroatoms. The maximum atomic E-state index is 13.0. The summed E-state index contributed by atoms with van der Waals surface area (Å²) in [5, 5.41) is 1.19. The maximum Gasteiger partial charge on any atom is 0.262 e. The van der Waals surface area contributed by atoms with Crippen LogP contribution in [0.4, 0.5) is 0 Å². The molecule has 0 bridgehead atoms. The Labute approximate surface area is 150 Å². The molecule has 5 nitrogen and oxygen atoms in total. The van der Waals surface area contributed by atoms with Gasteiger partial charge in [-0.25, -0.2) is 4.98 Å². The number of ether oxygens (including phenoxy) is 1. The van der Waals surface area contributed by atoms with Gasteiger partial charge in [0.25, 0.3) is 5.56 Å². The standard InChI is InChI=1S/C19H22N2O3S/c22-16-9-3-4-10-17(16)25-19-20-15-8-2-1-7-14(15)18(23)21(19)12-13-6-5-11-24-13/h1-2,7-8,13,17H,3-6,9-12H2/t13-,17+/m1/s1. The Morgan fingerprint density at radius 2 is 2.04 bits per heavy atom. The number of benzene rings is 1. The largest absolute Gasteiger partial charge is 0.376 e. The van der Waals surface area contributed by atoms with Gasteiger partial charge in [0.1, 0.15) is 5.78 Å². The summed E-state index contributed by atoms with van der Waals surface area (Å²) in [6.45, 7) is 1.27. The second-order valence-corrected chi connectivity index (χ2v) is 7.95. The third kappa shape index (κ3) is 3.51. The minimum Gasteiger partial charge on any atom is -0.376 e. The van der Waals surface area contributed by atoms with Crippen LogP contribution in [0.2, 0.25) is 0 Å². The van der Waals surface area contributed by atoms with Crippen molar-refractivity contribution in [3.8, 4) is 0 Å². The molecule has 1 aromatic carbocycles. The normalized spacial score (nSPS) is 24.1. The van der Waals surface area contributed by atoms with Crippen LogP contribution in [0.25, 0.3) is 10.9 Å². The van der Waals surface area contributed by atoms with Crippen LogP contribution in [-0.2, 0) is 16.1 Å². The number of hydrogen-bond acceptors (Lipinski definition) is 5. The van der Waals surface area contributed by atoms with E-state index < -0.39 is 0 Å². The number of para-hydroxylation sites is 1. The number of hydrogen-bond donors (Lipinski definition) is 0. The number of carbonyl (C=O) groups excluding carboxylic acids is 1. The number of fused-ring (bicyclic) bond motifs is 1. The highest BCUT2D eigenvalue weighted by molar-refractivity contribution is 8.00. The molecule has 0 N–H and O–H groups in total. The van der Waals surface area contributed by atoms with Crippen molar-refractivity contribution >= 4 is 28.4 Å². The van der Waals surface area contributed by atoms with Crippen molar-refractivity contribution in [2.24, 2.45) is 0 Å².